The van der Waals surface area contributed by atoms with E-state index in [1.54, 1.807) is 14.0 Å². The van der Waals surface area contributed by atoms with Gasteiger partial charge in [-0.3, -0.25) is 9.69 Å². The van der Waals surface area contributed by atoms with Gasteiger partial charge in [-0.25, -0.2) is 0 Å². The molecule has 7 nitrogen and oxygen atoms in total. The molecule has 0 saturated carbocycles. The van der Waals surface area contributed by atoms with Gasteiger partial charge in [0.1, 0.15) is 11.4 Å². The molecule has 2 heterocycles. The lowest BCUT2D eigenvalue weighted by atomic mass is 10.0. The van der Waals surface area contributed by atoms with Gasteiger partial charge in [0, 0.05) is 19.6 Å². The second kappa shape index (κ2) is 5.26. The molecule has 1 aliphatic rings. The Kier molecular flexibility index (Phi) is 3.93. The van der Waals surface area contributed by atoms with Crippen LogP contribution in [0.1, 0.15) is 18.6 Å². The van der Waals surface area contributed by atoms with Crippen LogP contribution in [0.3, 0.4) is 0 Å². The SMILES string of the molecule is CNC(C)(CN1CCn2c(nnc2C(F)(F)F)C1)C(N)=O. The number of carbonyl (C=O) groups excluding carboxylic acids is 1. The van der Waals surface area contributed by atoms with Crippen molar-refractivity contribution in [3.05, 3.63) is 11.6 Å². The predicted molar refractivity (Wildman–Crippen MR) is 67.0 cm³/mol. The predicted octanol–water partition coefficient (Wildman–Crippen LogP) is -0.424. The quantitative estimate of drug-likeness (QED) is 0.788. The zero-order valence-corrected chi connectivity index (χ0v) is 11.7. The van der Waals surface area contributed by atoms with E-state index in [4.69, 9.17) is 5.73 Å². The first-order valence-electron chi connectivity index (χ1n) is 6.38. The maximum Gasteiger partial charge on any atom is 0.451 e. The van der Waals surface area contributed by atoms with Crippen LogP contribution in [0.25, 0.3) is 0 Å². The summed E-state index contributed by atoms with van der Waals surface area (Å²) in [6.45, 7) is 2.60. The molecule has 0 bridgehead atoms. The minimum absolute atomic E-state index is 0.121. The maximum atomic E-state index is 12.7. The lowest BCUT2D eigenvalue weighted by molar-refractivity contribution is -0.148. The number of primary amides is 1. The van der Waals surface area contributed by atoms with Crippen molar-refractivity contribution in [2.75, 3.05) is 20.1 Å². The van der Waals surface area contributed by atoms with E-state index in [9.17, 15) is 18.0 Å². The molecule has 10 heteroatoms. The van der Waals surface area contributed by atoms with E-state index in [-0.39, 0.29) is 25.5 Å². The minimum Gasteiger partial charge on any atom is -0.368 e. The molecule has 0 radical (unpaired) electrons. The summed E-state index contributed by atoms with van der Waals surface area (Å²) in [5.41, 5.74) is 4.40. The summed E-state index contributed by atoms with van der Waals surface area (Å²) in [6.07, 6.45) is -4.51. The van der Waals surface area contributed by atoms with Crippen molar-refractivity contribution in [2.45, 2.75) is 31.7 Å². The second-order valence-electron chi connectivity index (χ2n) is 5.25. The largest absolute Gasteiger partial charge is 0.451 e. The van der Waals surface area contributed by atoms with Crippen molar-refractivity contribution < 1.29 is 18.0 Å². The molecule has 3 N–H and O–H groups in total. The summed E-state index contributed by atoms with van der Waals surface area (Å²) in [7, 11) is 1.61. The van der Waals surface area contributed by atoms with Gasteiger partial charge in [0.05, 0.1) is 6.54 Å². The Balaban J connectivity index is 2.14. The van der Waals surface area contributed by atoms with Crippen LogP contribution >= 0.6 is 0 Å². The Morgan fingerprint density at radius 2 is 2.05 bits per heavy atom. The number of nitrogens with two attached hydrogens (primary N) is 1. The molecule has 1 amide bonds. The Hall–Kier alpha value is -1.68. The number of fused-ring (bicyclic) bond motifs is 1. The zero-order chi connectivity index (χ0) is 15.8. The fourth-order valence-electron chi connectivity index (χ4n) is 2.28. The van der Waals surface area contributed by atoms with E-state index in [1.165, 1.54) is 0 Å². The number of halogens is 3. The Morgan fingerprint density at radius 3 is 2.57 bits per heavy atom. The third-order valence-corrected chi connectivity index (χ3v) is 3.72. The highest BCUT2D eigenvalue weighted by molar-refractivity contribution is 5.84. The highest BCUT2D eigenvalue weighted by Crippen LogP contribution is 2.29. The summed E-state index contributed by atoms with van der Waals surface area (Å²) in [4.78, 5) is 13.3. The number of likely N-dealkylation sites (N-methyl/N-ethyl adjacent to an activating group) is 1. The monoisotopic (exact) mass is 306 g/mol. The number of rotatable bonds is 4. The third kappa shape index (κ3) is 3.00. The second-order valence-corrected chi connectivity index (χ2v) is 5.25. The molecule has 0 saturated heterocycles. The standard InChI is InChI=1S/C11H17F3N6O/c1-10(16-2,8(15)21)6-19-3-4-20-7(5-19)17-18-9(20)11(12,13)14/h16H,3-6H2,1-2H3,(H2,15,21). The van der Waals surface area contributed by atoms with E-state index in [1.807, 2.05) is 4.90 Å². The van der Waals surface area contributed by atoms with E-state index >= 15 is 0 Å². The van der Waals surface area contributed by atoms with Crippen LogP contribution in [0.4, 0.5) is 13.2 Å². The van der Waals surface area contributed by atoms with E-state index in [2.05, 4.69) is 15.5 Å². The lowest BCUT2D eigenvalue weighted by Crippen LogP contribution is -2.59. The molecule has 118 valence electrons. The number of carbonyl (C=O) groups is 1. The number of nitrogens with one attached hydrogen (secondary N) is 1. The molecule has 1 aromatic rings. The fraction of sp³-hybridized carbons (Fsp3) is 0.727. The van der Waals surface area contributed by atoms with Gasteiger partial charge in [-0.2, -0.15) is 13.2 Å². The molecule has 1 unspecified atom stereocenters. The summed E-state index contributed by atoms with van der Waals surface area (Å²) in [6, 6.07) is 0. The van der Waals surface area contributed by atoms with Crippen molar-refractivity contribution in [1.82, 2.24) is 25.0 Å². The van der Waals surface area contributed by atoms with Gasteiger partial charge >= 0.3 is 6.18 Å². The van der Waals surface area contributed by atoms with Crippen LogP contribution in [-0.2, 0) is 24.1 Å². The number of nitrogens with zero attached hydrogens (tertiary/aromatic N) is 4. The van der Waals surface area contributed by atoms with E-state index in [0.717, 1.165) is 4.57 Å². The summed E-state index contributed by atoms with van der Waals surface area (Å²) in [5.74, 6) is -1.27. The zero-order valence-electron chi connectivity index (χ0n) is 11.7. The number of aromatic nitrogens is 3. The van der Waals surface area contributed by atoms with Crippen LogP contribution in [0.5, 0.6) is 0 Å². The van der Waals surface area contributed by atoms with Crippen LogP contribution in [0.15, 0.2) is 0 Å². The Labute approximate surface area is 119 Å². The number of alkyl halides is 3. The molecule has 0 aliphatic carbocycles. The van der Waals surface area contributed by atoms with Crippen molar-refractivity contribution in [2.24, 2.45) is 5.73 Å². The van der Waals surface area contributed by atoms with Crippen molar-refractivity contribution in [1.29, 1.82) is 0 Å². The molecule has 21 heavy (non-hydrogen) atoms. The van der Waals surface area contributed by atoms with Crippen LogP contribution in [-0.4, -0.2) is 51.2 Å². The van der Waals surface area contributed by atoms with Crippen molar-refractivity contribution in [3.8, 4) is 0 Å². The molecule has 1 atom stereocenters. The molecule has 1 aromatic heterocycles. The normalized spacial score (nSPS) is 19.1. The summed E-state index contributed by atoms with van der Waals surface area (Å²) in [5, 5.41) is 9.64. The molecule has 2 rings (SSSR count). The molecule has 1 aliphatic heterocycles. The third-order valence-electron chi connectivity index (χ3n) is 3.72. The van der Waals surface area contributed by atoms with Gasteiger partial charge in [0.25, 0.3) is 0 Å². The van der Waals surface area contributed by atoms with E-state index < -0.39 is 23.4 Å². The van der Waals surface area contributed by atoms with Crippen LogP contribution in [0, 0.1) is 0 Å². The maximum absolute atomic E-state index is 12.7. The summed E-state index contributed by atoms with van der Waals surface area (Å²) < 4.78 is 39.3. The van der Waals surface area contributed by atoms with Crippen LogP contribution < -0.4 is 11.1 Å². The van der Waals surface area contributed by atoms with Gasteiger partial charge in [0.2, 0.25) is 11.7 Å². The number of hydrogen-bond acceptors (Lipinski definition) is 5. The number of amides is 1. The van der Waals surface area contributed by atoms with Gasteiger partial charge < -0.3 is 15.6 Å². The van der Waals surface area contributed by atoms with Crippen molar-refractivity contribution >= 4 is 5.91 Å². The number of hydrogen-bond donors (Lipinski definition) is 2. The summed E-state index contributed by atoms with van der Waals surface area (Å²) >= 11 is 0. The first-order valence-corrected chi connectivity index (χ1v) is 6.38. The Bertz CT molecular complexity index is 543. The average molecular weight is 306 g/mol. The first kappa shape index (κ1) is 15.7. The van der Waals surface area contributed by atoms with E-state index in [0.29, 0.717) is 6.54 Å². The molecule has 0 spiro atoms. The lowest BCUT2D eigenvalue weighted by Gasteiger charge is -2.35. The highest BCUT2D eigenvalue weighted by Gasteiger charge is 2.40. The topological polar surface area (TPSA) is 89.1 Å². The molecular weight excluding hydrogens is 289 g/mol. The van der Waals surface area contributed by atoms with Crippen molar-refractivity contribution in [3.63, 3.8) is 0 Å². The molecule has 0 aromatic carbocycles. The smallest absolute Gasteiger partial charge is 0.368 e. The Morgan fingerprint density at radius 1 is 1.38 bits per heavy atom. The highest BCUT2D eigenvalue weighted by atomic mass is 19.4. The van der Waals surface area contributed by atoms with Crippen LogP contribution in [0.2, 0.25) is 0 Å². The molecular formula is C11H17F3N6O. The van der Waals surface area contributed by atoms with Gasteiger partial charge in [-0.05, 0) is 14.0 Å². The van der Waals surface area contributed by atoms with Gasteiger partial charge in [-0.1, -0.05) is 0 Å². The van der Waals surface area contributed by atoms with Gasteiger partial charge in [0.15, 0.2) is 0 Å². The van der Waals surface area contributed by atoms with Gasteiger partial charge in [-0.15, -0.1) is 10.2 Å². The average Bonchev–Trinajstić information content (AvgIpc) is 2.81. The first-order chi connectivity index (χ1) is 9.67. The minimum atomic E-state index is -4.51. The molecule has 0 fully saturated rings. The fourth-order valence-corrected chi connectivity index (χ4v) is 2.28.